The third-order valence-corrected chi connectivity index (χ3v) is 6.73. The first kappa shape index (κ1) is 20.6. The Morgan fingerprint density at radius 1 is 1.27 bits per heavy atom. The van der Waals surface area contributed by atoms with Gasteiger partial charge in [-0.3, -0.25) is 0 Å². The molecule has 0 bridgehead atoms. The zero-order chi connectivity index (χ0) is 19.2. The molecule has 2 N–H and O–H groups in total. The summed E-state index contributed by atoms with van der Waals surface area (Å²) in [4.78, 5) is 4.59. The highest BCUT2D eigenvalue weighted by Gasteiger charge is 2.30. The number of nitrogens with one attached hydrogen (secondary N) is 2. The first-order chi connectivity index (χ1) is 12.2. The maximum atomic E-state index is 11.9. The van der Waals surface area contributed by atoms with E-state index in [4.69, 9.17) is 4.74 Å². The molecule has 1 aromatic carbocycles. The molecule has 1 fully saturated rings. The first-order valence-corrected chi connectivity index (χ1v) is 11.0. The highest BCUT2D eigenvalue weighted by molar-refractivity contribution is 7.92. The van der Waals surface area contributed by atoms with Gasteiger partial charge in [-0.05, 0) is 45.6 Å². The smallest absolute Gasteiger partial charge is 0.191 e. The summed E-state index contributed by atoms with van der Waals surface area (Å²) in [6, 6.07) is 7.92. The molecule has 1 saturated carbocycles. The average Bonchev–Trinajstić information content (AvgIpc) is 3.39. The van der Waals surface area contributed by atoms with Crippen LogP contribution in [-0.4, -0.2) is 45.1 Å². The van der Waals surface area contributed by atoms with Crippen molar-refractivity contribution < 1.29 is 13.2 Å². The fourth-order valence-electron chi connectivity index (χ4n) is 2.20. The standard InChI is InChI=1S/C19H31N3O3S/c1-5-20-18(22-14-19(2,3)26(4,23)24)21-12-16-8-6-7-9-17(16)25-13-15-10-11-15/h6-9,15H,5,10-14H2,1-4H3,(H2,20,21,22). The molecule has 2 rings (SSSR count). The predicted octanol–water partition coefficient (Wildman–Crippen LogP) is 2.35. The van der Waals surface area contributed by atoms with Crippen molar-refractivity contribution in [1.82, 2.24) is 10.6 Å². The summed E-state index contributed by atoms with van der Waals surface area (Å²) < 4.78 is 28.8. The number of ether oxygens (including phenoxy) is 1. The molecule has 1 aliphatic rings. The van der Waals surface area contributed by atoms with Crippen LogP contribution in [0, 0.1) is 5.92 Å². The van der Waals surface area contributed by atoms with Gasteiger partial charge in [0.25, 0.3) is 0 Å². The van der Waals surface area contributed by atoms with E-state index in [0.717, 1.165) is 17.9 Å². The fourth-order valence-corrected chi connectivity index (χ4v) is 2.54. The lowest BCUT2D eigenvalue weighted by Crippen LogP contribution is -2.47. The number of aliphatic imine (C=N–C) groups is 1. The number of sulfone groups is 1. The largest absolute Gasteiger partial charge is 0.493 e. The minimum absolute atomic E-state index is 0.289. The number of hydrogen-bond acceptors (Lipinski definition) is 4. The van der Waals surface area contributed by atoms with Crippen LogP contribution >= 0.6 is 0 Å². The molecule has 0 atom stereocenters. The second kappa shape index (κ2) is 8.75. The van der Waals surface area contributed by atoms with Crippen LogP contribution in [0.15, 0.2) is 29.3 Å². The summed E-state index contributed by atoms with van der Waals surface area (Å²) >= 11 is 0. The van der Waals surface area contributed by atoms with Gasteiger partial charge in [-0.1, -0.05) is 18.2 Å². The van der Waals surface area contributed by atoms with Gasteiger partial charge in [-0.25, -0.2) is 13.4 Å². The van der Waals surface area contributed by atoms with Gasteiger partial charge in [0.1, 0.15) is 5.75 Å². The molecule has 0 amide bonds. The van der Waals surface area contributed by atoms with E-state index in [1.807, 2.05) is 31.2 Å². The molecule has 0 heterocycles. The molecule has 146 valence electrons. The van der Waals surface area contributed by atoms with Crippen molar-refractivity contribution in [2.45, 2.75) is 44.9 Å². The number of guanidine groups is 1. The van der Waals surface area contributed by atoms with Crippen molar-refractivity contribution in [3.8, 4) is 5.75 Å². The quantitative estimate of drug-likeness (QED) is 0.507. The predicted molar refractivity (Wildman–Crippen MR) is 106 cm³/mol. The van der Waals surface area contributed by atoms with E-state index in [0.29, 0.717) is 25.0 Å². The number of para-hydroxylation sites is 1. The van der Waals surface area contributed by atoms with E-state index in [2.05, 4.69) is 15.6 Å². The summed E-state index contributed by atoms with van der Waals surface area (Å²) in [5.41, 5.74) is 1.02. The second-order valence-electron chi connectivity index (χ2n) is 7.44. The summed E-state index contributed by atoms with van der Waals surface area (Å²) in [5, 5.41) is 6.30. The van der Waals surface area contributed by atoms with E-state index in [1.54, 1.807) is 13.8 Å². The molecule has 0 unspecified atom stereocenters. The number of nitrogens with zero attached hydrogens (tertiary/aromatic N) is 1. The zero-order valence-electron chi connectivity index (χ0n) is 16.2. The zero-order valence-corrected chi connectivity index (χ0v) is 17.0. The molecule has 0 radical (unpaired) electrons. The van der Waals surface area contributed by atoms with Crippen LogP contribution in [0.2, 0.25) is 0 Å². The van der Waals surface area contributed by atoms with E-state index in [-0.39, 0.29) is 6.54 Å². The maximum Gasteiger partial charge on any atom is 0.191 e. The molecule has 7 heteroatoms. The first-order valence-electron chi connectivity index (χ1n) is 9.15. The van der Waals surface area contributed by atoms with Gasteiger partial charge < -0.3 is 15.4 Å². The normalized spacial score (nSPS) is 15.6. The van der Waals surface area contributed by atoms with Gasteiger partial charge >= 0.3 is 0 Å². The molecule has 1 aromatic rings. The SMILES string of the molecule is CCNC(=NCc1ccccc1OCC1CC1)NCC(C)(C)S(C)(=O)=O. The van der Waals surface area contributed by atoms with E-state index < -0.39 is 14.6 Å². The molecule has 0 saturated heterocycles. The number of benzene rings is 1. The van der Waals surface area contributed by atoms with E-state index >= 15 is 0 Å². The van der Waals surface area contributed by atoms with Crippen LogP contribution < -0.4 is 15.4 Å². The average molecular weight is 382 g/mol. The molecule has 0 spiro atoms. The molecule has 6 nitrogen and oxygen atoms in total. The maximum absolute atomic E-state index is 11.9. The highest BCUT2D eigenvalue weighted by Crippen LogP contribution is 2.30. The van der Waals surface area contributed by atoms with Gasteiger partial charge in [0.05, 0.1) is 17.9 Å². The van der Waals surface area contributed by atoms with Gasteiger partial charge in [0.2, 0.25) is 0 Å². The molecule has 26 heavy (non-hydrogen) atoms. The second-order valence-corrected chi connectivity index (χ2v) is 10.1. The Labute approximate surface area is 157 Å². The Morgan fingerprint density at radius 2 is 1.96 bits per heavy atom. The Morgan fingerprint density at radius 3 is 2.58 bits per heavy atom. The lowest BCUT2D eigenvalue weighted by Gasteiger charge is -2.24. The monoisotopic (exact) mass is 381 g/mol. The molecule has 1 aliphatic carbocycles. The van der Waals surface area contributed by atoms with Gasteiger partial charge in [-0.15, -0.1) is 0 Å². The molecular weight excluding hydrogens is 350 g/mol. The van der Waals surface area contributed by atoms with Crippen molar-refractivity contribution in [1.29, 1.82) is 0 Å². The van der Waals surface area contributed by atoms with Crippen LogP contribution in [0.5, 0.6) is 5.75 Å². The molecule has 0 aliphatic heterocycles. The van der Waals surface area contributed by atoms with E-state index in [1.165, 1.54) is 19.1 Å². The lowest BCUT2D eigenvalue weighted by molar-refractivity contribution is 0.297. The van der Waals surface area contributed by atoms with Crippen LogP contribution in [0.4, 0.5) is 0 Å². The van der Waals surface area contributed by atoms with Crippen LogP contribution in [0.1, 0.15) is 39.2 Å². The number of hydrogen-bond donors (Lipinski definition) is 2. The van der Waals surface area contributed by atoms with Crippen molar-refractivity contribution in [2.75, 3.05) is 26.0 Å². The Hall–Kier alpha value is -1.76. The van der Waals surface area contributed by atoms with Crippen molar-refractivity contribution in [3.63, 3.8) is 0 Å². The van der Waals surface area contributed by atoms with Crippen molar-refractivity contribution in [3.05, 3.63) is 29.8 Å². The minimum atomic E-state index is -3.16. The molecular formula is C19H31N3O3S. The Balaban J connectivity index is 2.02. The number of rotatable bonds is 9. The highest BCUT2D eigenvalue weighted by atomic mass is 32.2. The summed E-state index contributed by atoms with van der Waals surface area (Å²) in [7, 11) is -3.16. The third kappa shape index (κ3) is 6.20. The van der Waals surface area contributed by atoms with Gasteiger partial charge in [-0.2, -0.15) is 0 Å². The van der Waals surface area contributed by atoms with Crippen LogP contribution in [0.3, 0.4) is 0 Å². The van der Waals surface area contributed by atoms with Gasteiger partial charge in [0.15, 0.2) is 15.8 Å². The Kier molecular flexibility index (Phi) is 6.92. The van der Waals surface area contributed by atoms with Crippen LogP contribution in [0.25, 0.3) is 0 Å². The van der Waals surface area contributed by atoms with Crippen molar-refractivity contribution in [2.24, 2.45) is 10.9 Å². The fraction of sp³-hybridized carbons (Fsp3) is 0.632. The van der Waals surface area contributed by atoms with Crippen LogP contribution in [-0.2, 0) is 16.4 Å². The molecule has 0 aromatic heterocycles. The topological polar surface area (TPSA) is 79.8 Å². The summed E-state index contributed by atoms with van der Waals surface area (Å²) in [6.45, 7) is 7.62. The van der Waals surface area contributed by atoms with Crippen molar-refractivity contribution >= 4 is 15.8 Å². The lowest BCUT2D eigenvalue weighted by atomic mass is 10.2. The summed E-state index contributed by atoms with van der Waals surface area (Å²) in [5.74, 6) is 2.17. The third-order valence-electron chi connectivity index (χ3n) is 4.58. The van der Waals surface area contributed by atoms with Gasteiger partial charge in [0, 0.05) is 24.9 Å². The van der Waals surface area contributed by atoms with E-state index in [9.17, 15) is 8.42 Å². The Bertz CT molecular complexity index is 725. The minimum Gasteiger partial charge on any atom is -0.493 e. The summed E-state index contributed by atoms with van der Waals surface area (Å²) in [6.07, 6.45) is 3.77.